The summed E-state index contributed by atoms with van der Waals surface area (Å²) < 4.78 is 35.9. The van der Waals surface area contributed by atoms with Crippen LogP contribution in [0.2, 0.25) is 0 Å². The van der Waals surface area contributed by atoms with Crippen molar-refractivity contribution in [1.29, 1.82) is 0 Å². The summed E-state index contributed by atoms with van der Waals surface area (Å²) in [5.41, 5.74) is 0.556. The zero-order valence-electron chi connectivity index (χ0n) is 10.4. The molecule has 1 aromatic carbocycles. The standard InChI is InChI=1S/C12H13NO5S/c1-8(2)17-12(14)11-10(13-19(15,16)18-11)9-6-4-3-5-7-9/h3-8,11H,1-2H3. The first-order valence-corrected chi connectivity index (χ1v) is 7.04. The number of ether oxygens (including phenoxy) is 1. The molecule has 1 heterocycles. The Morgan fingerprint density at radius 2 is 1.95 bits per heavy atom. The normalized spacial score (nSPS) is 21.2. The molecule has 0 radical (unpaired) electrons. The number of carbonyl (C=O) groups excluding carboxylic acids is 1. The van der Waals surface area contributed by atoms with Crippen molar-refractivity contribution in [3.63, 3.8) is 0 Å². The molecule has 0 saturated carbocycles. The maximum atomic E-state index is 11.8. The summed E-state index contributed by atoms with van der Waals surface area (Å²) in [6.07, 6.45) is -1.70. The fourth-order valence-electron chi connectivity index (χ4n) is 1.62. The summed E-state index contributed by atoms with van der Waals surface area (Å²) in [4.78, 5) is 11.8. The maximum absolute atomic E-state index is 11.8. The molecule has 1 unspecified atom stereocenters. The molecule has 7 heteroatoms. The van der Waals surface area contributed by atoms with Crippen LogP contribution in [0.25, 0.3) is 0 Å². The van der Waals surface area contributed by atoms with E-state index in [2.05, 4.69) is 8.58 Å². The van der Waals surface area contributed by atoms with Gasteiger partial charge in [-0.3, -0.25) is 0 Å². The molecule has 0 amide bonds. The van der Waals surface area contributed by atoms with Gasteiger partial charge in [-0.25, -0.2) is 8.98 Å². The summed E-state index contributed by atoms with van der Waals surface area (Å²) in [7, 11) is -4.09. The van der Waals surface area contributed by atoms with E-state index in [0.29, 0.717) is 5.56 Å². The molecule has 2 rings (SSSR count). The molecule has 0 fully saturated rings. The molecule has 1 atom stereocenters. The Hall–Kier alpha value is -1.73. The van der Waals surface area contributed by atoms with E-state index >= 15 is 0 Å². The third kappa shape index (κ3) is 3.18. The van der Waals surface area contributed by atoms with Crippen molar-refractivity contribution in [3.8, 4) is 0 Å². The second-order valence-corrected chi connectivity index (χ2v) is 5.46. The van der Waals surface area contributed by atoms with Crippen LogP contribution in [0.3, 0.4) is 0 Å². The highest BCUT2D eigenvalue weighted by molar-refractivity contribution is 7.86. The zero-order valence-corrected chi connectivity index (χ0v) is 11.3. The van der Waals surface area contributed by atoms with Gasteiger partial charge >= 0.3 is 16.3 Å². The van der Waals surface area contributed by atoms with Gasteiger partial charge in [-0.1, -0.05) is 30.3 Å². The van der Waals surface area contributed by atoms with E-state index in [1.165, 1.54) is 0 Å². The Balaban J connectivity index is 2.35. The van der Waals surface area contributed by atoms with Gasteiger partial charge in [0, 0.05) is 5.56 Å². The molecule has 1 aliphatic rings. The van der Waals surface area contributed by atoms with Crippen LogP contribution in [0, 0.1) is 0 Å². The quantitative estimate of drug-likeness (QED) is 0.775. The van der Waals surface area contributed by atoms with Crippen molar-refractivity contribution >= 4 is 22.0 Å². The van der Waals surface area contributed by atoms with E-state index in [1.807, 2.05) is 0 Å². The summed E-state index contributed by atoms with van der Waals surface area (Å²) in [6, 6.07) is 8.51. The molecule has 0 N–H and O–H groups in total. The van der Waals surface area contributed by atoms with Gasteiger partial charge < -0.3 is 4.74 Å². The van der Waals surface area contributed by atoms with Gasteiger partial charge in [0.15, 0.2) is 0 Å². The van der Waals surface area contributed by atoms with Crippen molar-refractivity contribution in [2.24, 2.45) is 4.40 Å². The first-order chi connectivity index (χ1) is 8.89. The lowest BCUT2D eigenvalue weighted by atomic mass is 10.1. The number of nitrogens with zero attached hydrogens (tertiary/aromatic N) is 1. The number of benzene rings is 1. The molecular weight excluding hydrogens is 270 g/mol. The molecule has 0 aliphatic carbocycles. The molecule has 6 nitrogen and oxygen atoms in total. The maximum Gasteiger partial charge on any atom is 0.382 e. The number of hydrogen-bond acceptors (Lipinski definition) is 5. The van der Waals surface area contributed by atoms with Crippen molar-refractivity contribution in [2.75, 3.05) is 0 Å². The lowest BCUT2D eigenvalue weighted by Crippen LogP contribution is -2.33. The predicted octanol–water partition coefficient (Wildman–Crippen LogP) is 1.07. The van der Waals surface area contributed by atoms with Crippen LogP contribution in [-0.2, 0) is 24.0 Å². The van der Waals surface area contributed by atoms with Crippen LogP contribution in [0.5, 0.6) is 0 Å². The van der Waals surface area contributed by atoms with Crippen molar-refractivity contribution < 1.29 is 22.1 Å². The van der Waals surface area contributed by atoms with Crippen molar-refractivity contribution in [3.05, 3.63) is 35.9 Å². The molecule has 102 valence electrons. The van der Waals surface area contributed by atoms with Crippen molar-refractivity contribution in [1.82, 2.24) is 0 Å². The van der Waals surface area contributed by atoms with Gasteiger partial charge in [0.1, 0.15) is 5.71 Å². The second kappa shape index (κ2) is 5.10. The van der Waals surface area contributed by atoms with Crippen LogP contribution in [0.4, 0.5) is 0 Å². The van der Waals surface area contributed by atoms with Crippen LogP contribution in [0.15, 0.2) is 34.7 Å². The van der Waals surface area contributed by atoms with Gasteiger partial charge in [-0.15, -0.1) is 4.40 Å². The number of carbonyl (C=O) groups is 1. The van der Waals surface area contributed by atoms with E-state index < -0.39 is 22.4 Å². The van der Waals surface area contributed by atoms with E-state index in [4.69, 9.17) is 4.74 Å². The summed E-state index contributed by atoms with van der Waals surface area (Å²) in [5, 5.41) is 0. The molecule has 0 aromatic heterocycles. The molecule has 0 saturated heterocycles. The number of hydrogen-bond donors (Lipinski definition) is 0. The highest BCUT2D eigenvalue weighted by Gasteiger charge is 2.40. The highest BCUT2D eigenvalue weighted by Crippen LogP contribution is 2.21. The Morgan fingerprint density at radius 3 is 2.53 bits per heavy atom. The van der Waals surface area contributed by atoms with Gasteiger partial charge in [-0.05, 0) is 13.8 Å². The molecule has 0 bridgehead atoms. The molecular formula is C12H13NO5S. The lowest BCUT2D eigenvalue weighted by molar-refractivity contribution is -0.152. The zero-order chi connectivity index (χ0) is 14.0. The molecule has 0 spiro atoms. The molecule has 19 heavy (non-hydrogen) atoms. The Morgan fingerprint density at radius 1 is 1.32 bits per heavy atom. The highest BCUT2D eigenvalue weighted by atomic mass is 32.2. The number of esters is 1. The second-order valence-electron chi connectivity index (χ2n) is 4.23. The Bertz CT molecular complexity index is 606. The van der Waals surface area contributed by atoms with E-state index in [0.717, 1.165) is 0 Å². The van der Waals surface area contributed by atoms with Gasteiger partial charge in [-0.2, -0.15) is 8.42 Å². The third-order valence-electron chi connectivity index (χ3n) is 2.31. The van der Waals surface area contributed by atoms with Crippen molar-refractivity contribution in [2.45, 2.75) is 26.1 Å². The van der Waals surface area contributed by atoms with E-state index in [9.17, 15) is 13.2 Å². The average Bonchev–Trinajstić information content (AvgIpc) is 2.66. The fraction of sp³-hybridized carbons (Fsp3) is 0.333. The van der Waals surface area contributed by atoms with Gasteiger partial charge in [0.2, 0.25) is 6.10 Å². The first-order valence-electron chi connectivity index (χ1n) is 5.68. The van der Waals surface area contributed by atoms with Gasteiger partial charge in [0.05, 0.1) is 6.10 Å². The minimum Gasteiger partial charge on any atom is -0.461 e. The molecule has 1 aromatic rings. The van der Waals surface area contributed by atoms with E-state index in [1.54, 1.807) is 44.2 Å². The third-order valence-corrected chi connectivity index (χ3v) is 3.17. The SMILES string of the molecule is CC(C)OC(=O)C1OS(=O)(=O)N=C1c1ccccc1. The van der Waals surface area contributed by atoms with Crippen LogP contribution >= 0.6 is 0 Å². The predicted molar refractivity (Wildman–Crippen MR) is 68.0 cm³/mol. The van der Waals surface area contributed by atoms with Gasteiger partial charge in [0.25, 0.3) is 0 Å². The first kappa shape index (κ1) is 13.7. The summed E-state index contributed by atoms with van der Waals surface area (Å²) in [6.45, 7) is 3.33. The minimum absolute atomic E-state index is 0.0475. The topological polar surface area (TPSA) is 82.0 Å². The average molecular weight is 283 g/mol. The van der Waals surface area contributed by atoms with Crippen LogP contribution in [-0.4, -0.2) is 32.3 Å². The fourth-order valence-corrected chi connectivity index (χ4v) is 2.51. The van der Waals surface area contributed by atoms with E-state index in [-0.39, 0.29) is 11.8 Å². The lowest BCUT2D eigenvalue weighted by Gasteiger charge is -2.13. The Kier molecular flexibility index (Phi) is 3.68. The number of rotatable bonds is 3. The summed E-state index contributed by atoms with van der Waals surface area (Å²) in [5.74, 6) is -0.765. The largest absolute Gasteiger partial charge is 0.461 e. The smallest absolute Gasteiger partial charge is 0.382 e. The van der Waals surface area contributed by atoms with Crippen LogP contribution in [0.1, 0.15) is 19.4 Å². The molecule has 1 aliphatic heterocycles. The monoisotopic (exact) mass is 283 g/mol. The Labute approximate surface area is 111 Å². The minimum atomic E-state index is -4.09. The summed E-state index contributed by atoms with van der Waals surface area (Å²) >= 11 is 0. The van der Waals surface area contributed by atoms with Crippen LogP contribution < -0.4 is 0 Å².